The number of halogens is 1. The van der Waals surface area contributed by atoms with Crippen molar-refractivity contribution in [2.24, 2.45) is 0 Å². The van der Waals surface area contributed by atoms with Crippen molar-refractivity contribution < 1.29 is 4.74 Å². The average Bonchev–Trinajstić information content (AvgIpc) is 2.55. The Balaban J connectivity index is 1.76. The van der Waals surface area contributed by atoms with Crippen molar-refractivity contribution in [2.75, 3.05) is 5.32 Å². The van der Waals surface area contributed by atoms with Gasteiger partial charge in [0, 0.05) is 22.2 Å². The number of nitrogens with one attached hydrogen (secondary N) is 1. The molecule has 102 valence electrons. The lowest BCUT2D eigenvalue weighted by atomic mass is 10.1. The fraction of sp³-hybridized carbons (Fsp3) is 0. The van der Waals surface area contributed by atoms with Gasteiger partial charge in [-0.05, 0) is 35.7 Å². The summed E-state index contributed by atoms with van der Waals surface area (Å²) in [5.74, 6) is 1.62. The van der Waals surface area contributed by atoms with E-state index in [-0.39, 0.29) is 0 Å². The summed E-state index contributed by atoms with van der Waals surface area (Å²) in [5, 5.41) is 6.41. The Labute approximate surface area is 127 Å². The molecule has 0 fully saturated rings. The van der Waals surface area contributed by atoms with E-state index in [4.69, 9.17) is 16.3 Å². The summed E-state index contributed by atoms with van der Waals surface area (Å²) in [5.41, 5.74) is 2.00. The zero-order valence-electron chi connectivity index (χ0n) is 11.1. The first-order valence-corrected chi connectivity index (χ1v) is 7.11. The molecule has 1 aliphatic rings. The highest BCUT2D eigenvalue weighted by atomic mass is 35.5. The first-order chi connectivity index (χ1) is 10.3. The van der Waals surface area contributed by atoms with Gasteiger partial charge in [-0.2, -0.15) is 0 Å². The van der Waals surface area contributed by atoms with Gasteiger partial charge in [-0.25, -0.2) is 0 Å². The van der Waals surface area contributed by atoms with E-state index in [0.29, 0.717) is 0 Å². The smallest absolute Gasteiger partial charge is 0.151 e. The minimum atomic E-state index is 0.717. The molecule has 3 aromatic carbocycles. The van der Waals surface area contributed by atoms with E-state index in [2.05, 4.69) is 23.5 Å². The second-order valence-electron chi connectivity index (χ2n) is 4.92. The molecule has 0 bridgehead atoms. The SMILES string of the molecule is Clc1ccc(C2=CNc3c(ccc4ccccc34)O2)cc1. The molecule has 0 unspecified atom stereocenters. The first-order valence-electron chi connectivity index (χ1n) is 6.73. The number of hydrogen-bond donors (Lipinski definition) is 1. The predicted molar refractivity (Wildman–Crippen MR) is 87.6 cm³/mol. The lowest BCUT2D eigenvalue weighted by molar-refractivity contribution is 0.512. The maximum Gasteiger partial charge on any atom is 0.151 e. The molecule has 0 radical (unpaired) electrons. The van der Waals surface area contributed by atoms with E-state index < -0.39 is 0 Å². The van der Waals surface area contributed by atoms with Crippen molar-refractivity contribution in [2.45, 2.75) is 0 Å². The van der Waals surface area contributed by atoms with Crippen LogP contribution < -0.4 is 10.1 Å². The van der Waals surface area contributed by atoms with E-state index in [9.17, 15) is 0 Å². The van der Waals surface area contributed by atoms with E-state index in [1.807, 2.05) is 48.7 Å². The van der Waals surface area contributed by atoms with Crippen molar-refractivity contribution in [3.05, 3.63) is 77.4 Å². The molecule has 1 aliphatic heterocycles. The highest BCUT2D eigenvalue weighted by molar-refractivity contribution is 6.30. The summed E-state index contributed by atoms with van der Waals surface area (Å²) >= 11 is 5.92. The number of ether oxygens (including phenoxy) is 1. The Morgan fingerprint density at radius 1 is 0.857 bits per heavy atom. The molecule has 0 atom stereocenters. The summed E-state index contributed by atoms with van der Waals surface area (Å²) in [6.45, 7) is 0. The van der Waals surface area contributed by atoms with Gasteiger partial charge in [0.2, 0.25) is 0 Å². The van der Waals surface area contributed by atoms with E-state index in [1.165, 1.54) is 5.39 Å². The van der Waals surface area contributed by atoms with E-state index in [0.717, 1.165) is 33.2 Å². The molecule has 0 aromatic heterocycles. The molecular formula is C18H12ClNO. The van der Waals surface area contributed by atoms with Crippen LogP contribution in [0.5, 0.6) is 5.75 Å². The first kappa shape index (κ1) is 12.3. The van der Waals surface area contributed by atoms with Crippen LogP contribution in [0.4, 0.5) is 5.69 Å². The minimum Gasteiger partial charge on any atom is -0.453 e. The van der Waals surface area contributed by atoms with Gasteiger partial charge in [-0.15, -0.1) is 0 Å². The molecule has 2 nitrogen and oxygen atoms in total. The fourth-order valence-corrected chi connectivity index (χ4v) is 2.65. The third-order valence-corrected chi connectivity index (χ3v) is 3.84. The Bertz CT molecular complexity index is 853. The number of benzene rings is 3. The van der Waals surface area contributed by atoms with Crippen molar-refractivity contribution in [3.63, 3.8) is 0 Å². The molecule has 0 saturated heterocycles. The second-order valence-corrected chi connectivity index (χ2v) is 5.36. The maximum atomic E-state index is 6.02. The van der Waals surface area contributed by atoms with Crippen LogP contribution in [0, 0.1) is 0 Å². The summed E-state index contributed by atoms with van der Waals surface area (Å²) in [6.07, 6.45) is 1.89. The molecule has 3 heteroatoms. The van der Waals surface area contributed by atoms with Gasteiger partial charge in [-0.3, -0.25) is 0 Å². The molecule has 1 N–H and O–H groups in total. The van der Waals surface area contributed by atoms with E-state index in [1.54, 1.807) is 0 Å². The van der Waals surface area contributed by atoms with E-state index >= 15 is 0 Å². The largest absolute Gasteiger partial charge is 0.453 e. The standard InChI is InChI=1S/C18H12ClNO/c19-14-8-5-13(6-9-14)17-11-20-18-15-4-2-1-3-12(15)7-10-16(18)21-17/h1-11,20H. The fourth-order valence-electron chi connectivity index (χ4n) is 2.53. The molecular weight excluding hydrogens is 282 g/mol. The predicted octanol–water partition coefficient (Wildman–Crippen LogP) is 5.30. The molecule has 1 heterocycles. The number of rotatable bonds is 1. The number of anilines is 1. The molecule has 0 spiro atoms. The molecule has 0 amide bonds. The van der Waals surface area contributed by atoms with Gasteiger partial charge in [0.05, 0.1) is 5.69 Å². The molecule has 4 rings (SSSR count). The monoisotopic (exact) mass is 293 g/mol. The quantitative estimate of drug-likeness (QED) is 0.657. The third-order valence-electron chi connectivity index (χ3n) is 3.59. The summed E-state index contributed by atoms with van der Waals surface area (Å²) in [6, 6.07) is 19.9. The third kappa shape index (κ3) is 2.14. The van der Waals surface area contributed by atoms with Crippen molar-refractivity contribution in [1.29, 1.82) is 0 Å². The minimum absolute atomic E-state index is 0.717. The van der Waals surface area contributed by atoms with Crippen LogP contribution in [0.15, 0.2) is 66.9 Å². The van der Waals surface area contributed by atoms with Crippen LogP contribution in [-0.4, -0.2) is 0 Å². The molecule has 0 saturated carbocycles. The van der Waals surface area contributed by atoms with Crippen LogP contribution in [0.1, 0.15) is 5.56 Å². The molecule has 21 heavy (non-hydrogen) atoms. The van der Waals surface area contributed by atoms with Gasteiger partial charge >= 0.3 is 0 Å². The van der Waals surface area contributed by atoms with Crippen molar-refractivity contribution in [1.82, 2.24) is 0 Å². The van der Waals surface area contributed by atoms with Crippen LogP contribution in [-0.2, 0) is 0 Å². The Kier molecular flexibility index (Phi) is 2.83. The van der Waals surface area contributed by atoms with Gasteiger partial charge in [0.25, 0.3) is 0 Å². The van der Waals surface area contributed by atoms with Gasteiger partial charge < -0.3 is 10.1 Å². The van der Waals surface area contributed by atoms with Gasteiger partial charge in [0.1, 0.15) is 0 Å². The lowest BCUT2D eigenvalue weighted by Crippen LogP contribution is -2.06. The van der Waals surface area contributed by atoms with Crippen molar-refractivity contribution >= 4 is 33.8 Å². The Morgan fingerprint density at radius 3 is 2.52 bits per heavy atom. The number of fused-ring (bicyclic) bond motifs is 3. The zero-order chi connectivity index (χ0) is 14.2. The van der Waals surface area contributed by atoms with Crippen LogP contribution >= 0.6 is 11.6 Å². The summed E-state index contributed by atoms with van der Waals surface area (Å²) < 4.78 is 6.02. The molecule has 0 aliphatic carbocycles. The van der Waals surface area contributed by atoms with Crippen molar-refractivity contribution in [3.8, 4) is 5.75 Å². The van der Waals surface area contributed by atoms with Crippen LogP contribution in [0.3, 0.4) is 0 Å². The van der Waals surface area contributed by atoms with Gasteiger partial charge in [0.15, 0.2) is 11.5 Å². The highest BCUT2D eigenvalue weighted by Gasteiger charge is 2.16. The number of hydrogen-bond acceptors (Lipinski definition) is 2. The maximum absolute atomic E-state index is 6.02. The topological polar surface area (TPSA) is 21.3 Å². The summed E-state index contributed by atoms with van der Waals surface area (Å²) in [4.78, 5) is 0. The zero-order valence-corrected chi connectivity index (χ0v) is 11.9. The lowest BCUT2D eigenvalue weighted by Gasteiger charge is -2.21. The average molecular weight is 294 g/mol. The van der Waals surface area contributed by atoms with Crippen LogP contribution in [0.2, 0.25) is 5.02 Å². The van der Waals surface area contributed by atoms with Crippen LogP contribution in [0.25, 0.3) is 16.5 Å². The molecule has 3 aromatic rings. The van der Waals surface area contributed by atoms with Gasteiger partial charge in [-0.1, -0.05) is 41.9 Å². The Hall–Kier alpha value is -2.45. The Morgan fingerprint density at radius 2 is 1.67 bits per heavy atom. The second kappa shape index (κ2) is 4.83. The highest BCUT2D eigenvalue weighted by Crippen LogP contribution is 2.38. The normalized spacial score (nSPS) is 13.1. The summed E-state index contributed by atoms with van der Waals surface area (Å²) in [7, 11) is 0.